The summed E-state index contributed by atoms with van der Waals surface area (Å²) in [5.41, 5.74) is -0.791. The first-order valence-electron chi connectivity index (χ1n) is 7.93. The van der Waals surface area contributed by atoms with Crippen molar-refractivity contribution < 1.29 is 24.9 Å². The molecule has 138 valence electrons. The minimum Gasteiger partial charge on any atom is -0.394 e. The summed E-state index contributed by atoms with van der Waals surface area (Å²) in [7, 11) is 0. The Morgan fingerprint density at radius 3 is 2.35 bits per heavy atom. The van der Waals surface area contributed by atoms with Crippen LogP contribution < -0.4 is 11.2 Å². The van der Waals surface area contributed by atoms with Gasteiger partial charge in [-0.3, -0.25) is 14.2 Å². The molecule has 1 aliphatic heterocycles. The van der Waals surface area contributed by atoms with Crippen LogP contribution in [0, 0.1) is 6.92 Å². The molecule has 1 fully saturated rings. The van der Waals surface area contributed by atoms with Crippen LogP contribution in [0.3, 0.4) is 0 Å². The SMILES string of the molecule is Cc1ccc(C(=O)n2c(=O)ccn([C@@H]3O[C@H](CO)[C@@H](O)[C@H]3O)c2=O)cc1. The number of aliphatic hydroxyl groups excluding tert-OH is 3. The van der Waals surface area contributed by atoms with Crippen LogP contribution in [0.25, 0.3) is 0 Å². The molecule has 1 aromatic heterocycles. The smallest absolute Gasteiger partial charge is 0.340 e. The van der Waals surface area contributed by atoms with Gasteiger partial charge in [0.15, 0.2) is 6.23 Å². The number of rotatable bonds is 3. The highest BCUT2D eigenvalue weighted by atomic mass is 16.6. The Morgan fingerprint density at radius 1 is 1.12 bits per heavy atom. The van der Waals surface area contributed by atoms with Gasteiger partial charge in [0, 0.05) is 17.8 Å². The summed E-state index contributed by atoms with van der Waals surface area (Å²) >= 11 is 0. The molecule has 9 heteroatoms. The molecule has 0 spiro atoms. The zero-order chi connectivity index (χ0) is 19.0. The van der Waals surface area contributed by atoms with E-state index in [0.29, 0.717) is 4.57 Å². The number of hydrogen-bond donors (Lipinski definition) is 3. The van der Waals surface area contributed by atoms with Gasteiger partial charge >= 0.3 is 5.69 Å². The topological polar surface area (TPSA) is 131 Å². The van der Waals surface area contributed by atoms with Gasteiger partial charge in [0.2, 0.25) is 0 Å². The molecule has 0 amide bonds. The molecule has 2 aromatic rings. The molecule has 1 aromatic carbocycles. The Morgan fingerprint density at radius 2 is 1.77 bits per heavy atom. The molecule has 0 bridgehead atoms. The number of aliphatic hydroxyl groups is 3. The number of carbonyl (C=O) groups is 1. The molecule has 0 saturated carbocycles. The van der Waals surface area contributed by atoms with Crippen molar-refractivity contribution in [2.75, 3.05) is 6.61 Å². The first-order chi connectivity index (χ1) is 12.3. The molecule has 4 atom stereocenters. The molecule has 26 heavy (non-hydrogen) atoms. The van der Waals surface area contributed by atoms with Crippen LogP contribution >= 0.6 is 0 Å². The number of carbonyl (C=O) groups excluding carboxylic acids is 1. The fraction of sp³-hybridized carbons (Fsp3) is 0.353. The summed E-state index contributed by atoms with van der Waals surface area (Å²) in [5.74, 6) is -0.818. The monoisotopic (exact) mass is 362 g/mol. The maximum atomic E-state index is 12.7. The van der Waals surface area contributed by atoms with Gasteiger partial charge in [0.25, 0.3) is 11.5 Å². The lowest BCUT2D eigenvalue weighted by molar-refractivity contribution is -0.0554. The molecule has 0 aliphatic carbocycles. The Labute approximate surface area is 147 Å². The van der Waals surface area contributed by atoms with Gasteiger partial charge in [-0.15, -0.1) is 0 Å². The fourth-order valence-electron chi connectivity index (χ4n) is 2.81. The molecule has 0 unspecified atom stereocenters. The van der Waals surface area contributed by atoms with Crippen molar-refractivity contribution in [3.05, 3.63) is 68.5 Å². The van der Waals surface area contributed by atoms with Crippen molar-refractivity contribution >= 4 is 5.91 Å². The van der Waals surface area contributed by atoms with E-state index in [-0.39, 0.29) is 5.56 Å². The number of hydrogen-bond acceptors (Lipinski definition) is 7. The summed E-state index contributed by atoms with van der Waals surface area (Å²) in [6.07, 6.45) is -4.28. The molecular weight excluding hydrogens is 344 g/mol. The third kappa shape index (κ3) is 3.01. The Kier molecular flexibility index (Phi) is 4.88. The maximum absolute atomic E-state index is 12.7. The van der Waals surface area contributed by atoms with Crippen LogP contribution in [0.4, 0.5) is 0 Å². The van der Waals surface area contributed by atoms with Crippen molar-refractivity contribution in [1.82, 2.24) is 9.13 Å². The quantitative estimate of drug-likeness (QED) is 0.613. The third-order valence-corrected chi connectivity index (χ3v) is 4.30. The summed E-state index contributed by atoms with van der Waals surface area (Å²) in [5, 5.41) is 29.0. The summed E-state index contributed by atoms with van der Waals surface area (Å²) in [4.78, 5) is 37.4. The van der Waals surface area contributed by atoms with Crippen LogP contribution in [0.2, 0.25) is 0 Å². The zero-order valence-electron chi connectivity index (χ0n) is 13.8. The van der Waals surface area contributed by atoms with E-state index >= 15 is 0 Å². The Hall–Kier alpha value is -2.59. The van der Waals surface area contributed by atoms with E-state index in [1.807, 2.05) is 6.92 Å². The van der Waals surface area contributed by atoms with Crippen molar-refractivity contribution in [1.29, 1.82) is 0 Å². The van der Waals surface area contributed by atoms with Gasteiger partial charge < -0.3 is 20.1 Å². The lowest BCUT2D eigenvalue weighted by Crippen LogP contribution is -2.46. The first kappa shape index (κ1) is 18.2. The van der Waals surface area contributed by atoms with Crippen LogP contribution in [0.5, 0.6) is 0 Å². The highest BCUT2D eigenvalue weighted by Crippen LogP contribution is 2.27. The van der Waals surface area contributed by atoms with E-state index in [0.717, 1.165) is 22.4 Å². The summed E-state index contributed by atoms with van der Waals surface area (Å²) in [6.45, 7) is 1.27. The third-order valence-electron chi connectivity index (χ3n) is 4.30. The van der Waals surface area contributed by atoms with E-state index in [4.69, 9.17) is 9.84 Å². The number of aromatic nitrogens is 2. The fourth-order valence-corrected chi connectivity index (χ4v) is 2.81. The molecule has 1 aliphatic rings. The van der Waals surface area contributed by atoms with E-state index in [9.17, 15) is 24.6 Å². The number of aryl methyl sites for hydroxylation is 1. The van der Waals surface area contributed by atoms with Crippen molar-refractivity contribution in [2.24, 2.45) is 0 Å². The number of ether oxygens (including phenoxy) is 1. The van der Waals surface area contributed by atoms with Crippen LogP contribution in [-0.4, -0.2) is 55.3 Å². The van der Waals surface area contributed by atoms with E-state index in [2.05, 4.69) is 0 Å². The second kappa shape index (κ2) is 6.96. The lowest BCUT2D eigenvalue weighted by atomic mass is 10.1. The minimum absolute atomic E-state index is 0.147. The van der Waals surface area contributed by atoms with E-state index in [1.54, 1.807) is 12.1 Å². The lowest BCUT2D eigenvalue weighted by Gasteiger charge is -2.18. The number of benzene rings is 1. The first-order valence-corrected chi connectivity index (χ1v) is 7.93. The summed E-state index contributed by atoms with van der Waals surface area (Å²) < 4.78 is 6.56. The van der Waals surface area contributed by atoms with Gasteiger partial charge in [0.05, 0.1) is 6.61 Å². The van der Waals surface area contributed by atoms with E-state index < -0.39 is 48.3 Å². The highest BCUT2D eigenvalue weighted by molar-refractivity contribution is 5.95. The number of nitrogens with zero attached hydrogens (tertiary/aromatic N) is 2. The molecule has 1 saturated heterocycles. The van der Waals surface area contributed by atoms with Crippen molar-refractivity contribution in [2.45, 2.75) is 31.5 Å². The Bertz CT molecular complexity index is 931. The molecule has 0 radical (unpaired) electrons. The normalized spacial score (nSPS) is 25.4. The molecule has 3 rings (SSSR count). The van der Waals surface area contributed by atoms with Gasteiger partial charge in [-0.2, -0.15) is 4.57 Å². The van der Waals surface area contributed by atoms with Crippen LogP contribution in [-0.2, 0) is 4.74 Å². The predicted molar refractivity (Wildman–Crippen MR) is 88.9 cm³/mol. The molecular formula is C17H18N2O7. The van der Waals surface area contributed by atoms with Crippen molar-refractivity contribution in [3.8, 4) is 0 Å². The van der Waals surface area contributed by atoms with E-state index in [1.165, 1.54) is 12.1 Å². The van der Waals surface area contributed by atoms with Crippen LogP contribution in [0.15, 0.2) is 46.1 Å². The second-order valence-corrected chi connectivity index (χ2v) is 6.08. The highest BCUT2D eigenvalue weighted by Gasteiger charge is 2.44. The minimum atomic E-state index is -1.51. The van der Waals surface area contributed by atoms with Crippen LogP contribution in [0.1, 0.15) is 22.1 Å². The second-order valence-electron chi connectivity index (χ2n) is 6.08. The average molecular weight is 362 g/mol. The maximum Gasteiger partial charge on any atom is 0.340 e. The van der Waals surface area contributed by atoms with Gasteiger partial charge in [-0.05, 0) is 19.1 Å². The standard InChI is InChI=1S/C17H18N2O7/c1-9-2-4-10(5-3-9)15(24)19-12(21)6-7-18(17(19)25)16-14(23)13(22)11(8-20)26-16/h2-7,11,13-14,16,20,22-23H,8H2,1H3/t11-,13-,14-,16-/m1/s1. The average Bonchev–Trinajstić information content (AvgIpc) is 2.90. The van der Waals surface area contributed by atoms with Crippen molar-refractivity contribution in [3.63, 3.8) is 0 Å². The summed E-state index contributed by atoms with van der Waals surface area (Å²) in [6, 6.07) is 7.32. The van der Waals surface area contributed by atoms with Gasteiger partial charge in [0.1, 0.15) is 18.3 Å². The predicted octanol–water partition coefficient (Wildman–Crippen LogP) is -1.38. The molecule has 3 N–H and O–H groups in total. The molecule has 2 heterocycles. The largest absolute Gasteiger partial charge is 0.394 e. The molecule has 9 nitrogen and oxygen atoms in total. The zero-order valence-corrected chi connectivity index (χ0v) is 13.8. The van der Waals surface area contributed by atoms with Gasteiger partial charge in [-0.25, -0.2) is 4.79 Å². The van der Waals surface area contributed by atoms with Gasteiger partial charge in [-0.1, -0.05) is 17.7 Å². The Balaban J connectivity index is 2.05.